The van der Waals surface area contributed by atoms with E-state index in [4.69, 9.17) is 14.2 Å². The number of nitrogens with zero attached hydrogens (tertiary/aromatic N) is 1. The molecule has 1 aliphatic heterocycles. The summed E-state index contributed by atoms with van der Waals surface area (Å²) in [5.41, 5.74) is 2.23. The van der Waals surface area contributed by atoms with Gasteiger partial charge in [0.15, 0.2) is 6.61 Å². The second-order valence-electron chi connectivity index (χ2n) is 7.32. The fourth-order valence-corrected chi connectivity index (χ4v) is 3.49. The van der Waals surface area contributed by atoms with Crippen molar-refractivity contribution in [2.45, 2.75) is 6.92 Å². The van der Waals surface area contributed by atoms with Gasteiger partial charge < -0.3 is 24.4 Å². The fourth-order valence-electron chi connectivity index (χ4n) is 3.49. The highest BCUT2D eigenvalue weighted by Gasteiger charge is 2.36. The van der Waals surface area contributed by atoms with Gasteiger partial charge in [-0.15, -0.1) is 6.58 Å². The number of hydrogen-bond donors (Lipinski definition) is 1. The molecule has 0 atom stereocenters. The normalized spacial score (nSPS) is 14.3. The van der Waals surface area contributed by atoms with Crippen LogP contribution in [0.5, 0.6) is 11.5 Å². The molecule has 0 bridgehead atoms. The van der Waals surface area contributed by atoms with Crippen molar-refractivity contribution in [2.24, 2.45) is 0 Å². The first-order chi connectivity index (χ1) is 16.4. The molecule has 3 rings (SSSR count). The predicted molar refractivity (Wildman–Crippen MR) is 128 cm³/mol. The van der Waals surface area contributed by atoms with Crippen LogP contribution in [0.3, 0.4) is 0 Å². The third kappa shape index (κ3) is 5.35. The number of para-hydroxylation sites is 2. The molecule has 0 spiro atoms. The minimum Gasteiger partial charge on any atom is -0.495 e. The first-order valence-corrected chi connectivity index (χ1v) is 10.5. The highest BCUT2D eigenvalue weighted by atomic mass is 16.5. The minimum atomic E-state index is -0.579. The van der Waals surface area contributed by atoms with Gasteiger partial charge >= 0.3 is 5.97 Å². The van der Waals surface area contributed by atoms with Crippen molar-refractivity contribution in [1.29, 1.82) is 0 Å². The number of methoxy groups -OCH3 is 2. The standard InChI is InChI=1S/C26H26N2O6/c1-5-14-28-17(2)24(26(31)33-4)20(25(28)30)15-18-10-12-19(13-11-18)34-16-23(29)27-21-8-6-7-9-22(21)32-3/h5-13,15H,1,14,16H2,2-4H3,(H,27,29)/b20-15-. The zero-order valence-corrected chi connectivity index (χ0v) is 19.3. The van der Waals surface area contributed by atoms with Crippen molar-refractivity contribution >= 4 is 29.5 Å². The van der Waals surface area contributed by atoms with Crippen LogP contribution in [0.1, 0.15) is 12.5 Å². The van der Waals surface area contributed by atoms with Crippen LogP contribution in [0.2, 0.25) is 0 Å². The fraction of sp³-hybridized carbons (Fsp3) is 0.192. The molecule has 8 nitrogen and oxygen atoms in total. The summed E-state index contributed by atoms with van der Waals surface area (Å²) in [6.45, 7) is 5.45. The van der Waals surface area contributed by atoms with E-state index < -0.39 is 5.97 Å². The Balaban J connectivity index is 1.70. The monoisotopic (exact) mass is 462 g/mol. The van der Waals surface area contributed by atoms with E-state index in [1.54, 1.807) is 61.5 Å². The van der Waals surface area contributed by atoms with Crippen molar-refractivity contribution in [3.63, 3.8) is 0 Å². The zero-order chi connectivity index (χ0) is 24.7. The zero-order valence-electron chi connectivity index (χ0n) is 19.3. The van der Waals surface area contributed by atoms with Gasteiger partial charge in [0.2, 0.25) is 0 Å². The molecule has 0 aromatic heterocycles. The first-order valence-electron chi connectivity index (χ1n) is 10.5. The van der Waals surface area contributed by atoms with Crippen LogP contribution in [0.15, 0.2) is 78.0 Å². The number of allylic oxidation sites excluding steroid dienone is 1. The molecule has 1 aliphatic rings. The molecule has 1 N–H and O–H groups in total. The largest absolute Gasteiger partial charge is 0.495 e. The lowest BCUT2D eigenvalue weighted by Gasteiger charge is -2.14. The average molecular weight is 463 g/mol. The van der Waals surface area contributed by atoms with E-state index in [0.29, 0.717) is 28.4 Å². The van der Waals surface area contributed by atoms with Gasteiger partial charge in [0, 0.05) is 12.2 Å². The molecule has 2 aromatic rings. The summed E-state index contributed by atoms with van der Waals surface area (Å²) in [6, 6.07) is 13.9. The predicted octanol–water partition coefficient (Wildman–Crippen LogP) is 3.57. The maximum absolute atomic E-state index is 12.9. The Labute approximate surface area is 198 Å². The van der Waals surface area contributed by atoms with Crippen LogP contribution >= 0.6 is 0 Å². The molecule has 0 saturated carbocycles. The second kappa shape index (κ2) is 11.0. The van der Waals surface area contributed by atoms with Gasteiger partial charge in [0.05, 0.1) is 31.1 Å². The lowest BCUT2D eigenvalue weighted by atomic mass is 10.0. The Morgan fingerprint density at radius 2 is 1.79 bits per heavy atom. The number of ether oxygens (including phenoxy) is 3. The number of carbonyl (C=O) groups is 3. The Morgan fingerprint density at radius 1 is 1.09 bits per heavy atom. The smallest absolute Gasteiger partial charge is 0.340 e. The van der Waals surface area contributed by atoms with E-state index >= 15 is 0 Å². The van der Waals surface area contributed by atoms with E-state index in [0.717, 1.165) is 0 Å². The number of carbonyl (C=O) groups excluding carboxylic acids is 3. The molecule has 8 heteroatoms. The minimum absolute atomic E-state index is 0.193. The van der Waals surface area contributed by atoms with Crippen LogP contribution in [0.4, 0.5) is 5.69 Å². The second-order valence-corrected chi connectivity index (χ2v) is 7.32. The van der Waals surface area contributed by atoms with Crippen molar-refractivity contribution in [1.82, 2.24) is 4.90 Å². The Morgan fingerprint density at radius 3 is 2.44 bits per heavy atom. The summed E-state index contributed by atoms with van der Waals surface area (Å²) in [5, 5.41) is 2.74. The maximum Gasteiger partial charge on any atom is 0.340 e. The molecule has 1 heterocycles. The number of anilines is 1. The van der Waals surface area contributed by atoms with Crippen molar-refractivity contribution < 1.29 is 28.6 Å². The summed E-state index contributed by atoms with van der Waals surface area (Å²) >= 11 is 0. The molecule has 176 valence electrons. The van der Waals surface area contributed by atoms with Crippen LogP contribution in [0.25, 0.3) is 6.08 Å². The molecule has 0 aliphatic carbocycles. The van der Waals surface area contributed by atoms with Gasteiger partial charge in [-0.25, -0.2) is 4.79 Å². The van der Waals surface area contributed by atoms with Crippen LogP contribution in [-0.4, -0.2) is 50.1 Å². The van der Waals surface area contributed by atoms with E-state index in [9.17, 15) is 14.4 Å². The molecule has 0 saturated heterocycles. The average Bonchev–Trinajstić information content (AvgIpc) is 3.08. The molecule has 0 fully saturated rings. The maximum atomic E-state index is 12.9. The van der Waals surface area contributed by atoms with Gasteiger partial charge in [-0.3, -0.25) is 9.59 Å². The van der Waals surface area contributed by atoms with Crippen LogP contribution < -0.4 is 14.8 Å². The van der Waals surface area contributed by atoms with E-state index in [1.807, 2.05) is 6.07 Å². The van der Waals surface area contributed by atoms with E-state index in [1.165, 1.54) is 19.1 Å². The molecule has 2 amide bonds. The van der Waals surface area contributed by atoms with Crippen LogP contribution in [0, 0.1) is 0 Å². The van der Waals surface area contributed by atoms with Gasteiger partial charge in [-0.2, -0.15) is 0 Å². The van der Waals surface area contributed by atoms with Crippen molar-refractivity contribution in [3.05, 3.63) is 83.6 Å². The van der Waals surface area contributed by atoms with Crippen LogP contribution in [-0.2, 0) is 19.1 Å². The summed E-state index contributed by atoms with van der Waals surface area (Å²) < 4.78 is 15.6. The SMILES string of the molecule is C=CCN1C(=O)/C(=C\c2ccc(OCC(=O)Nc3ccccc3OC)cc2)C(C(=O)OC)=C1C. The van der Waals surface area contributed by atoms with Gasteiger partial charge in [-0.1, -0.05) is 30.3 Å². The van der Waals surface area contributed by atoms with E-state index in [2.05, 4.69) is 11.9 Å². The number of hydrogen-bond acceptors (Lipinski definition) is 6. The molecular formula is C26H26N2O6. The van der Waals surface area contributed by atoms with Crippen molar-refractivity contribution in [3.8, 4) is 11.5 Å². The quantitative estimate of drug-likeness (QED) is 0.348. The number of amides is 2. The number of benzene rings is 2. The molecule has 0 radical (unpaired) electrons. The van der Waals surface area contributed by atoms with Gasteiger partial charge in [0.25, 0.3) is 11.8 Å². The molecule has 34 heavy (non-hydrogen) atoms. The number of rotatable bonds is 9. The molecule has 2 aromatic carbocycles. The third-order valence-electron chi connectivity index (χ3n) is 5.15. The highest BCUT2D eigenvalue weighted by molar-refractivity contribution is 6.16. The lowest BCUT2D eigenvalue weighted by Crippen LogP contribution is -2.24. The Kier molecular flexibility index (Phi) is 7.87. The van der Waals surface area contributed by atoms with Crippen molar-refractivity contribution in [2.75, 3.05) is 32.7 Å². The number of esters is 1. The Bertz CT molecular complexity index is 1160. The number of nitrogens with one attached hydrogen (secondary N) is 1. The lowest BCUT2D eigenvalue weighted by molar-refractivity contribution is -0.136. The molecule has 0 unspecified atom stereocenters. The summed E-state index contributed by atoms with van der Waals surface area (Å²) in [5.74, 6) is -0.186. The summed E-state index contributed by atoms with van der Waals surface area (Å²) in [4.78, 5) is 38.9. The summed E-state index contributed by atoms with van der Waals surface area (Å²) in [7, 11) is 2.80. The third-order valence-corrected chi connectivity index (χ3v) is 5.15. The molecular weight excluding hydrogens is 436 g/mol. The highest BCUT2D eigenvalue weighted by Crippen LogP contribution is 2.31. The summed E-state index contributed by atoms with van der Waals surface area (Å²) in [6.07, 6.45) is 3.22. The van der Waals surface area contributed by atoms with E-state index in [-0.39, 0.29) is 36.1 Å². The topological polar surface area (TPSA) is 94.2 Å². The first kappa shape index (κ1) is 24.3. The van der Waals surface area contributed by atoms with Gasteiger partial charge in [-0.05, 0) is 42.8 Å². The van der Waals surface area contributed by atoms with Gasteiger partial charge in [0.1, 0.15) is 11.5 Å². The Hall–Kier alpha value is -4.33.